The summed E-state index contributed by atoms with van der Waals surface area (Å²) in [6, 6.07) is 2.41. The number of rotatable bonds is 3. The SMILES string of the molecule is CCC1CCCCC1Nc1cnccc1Cl. The lowest BCUT2D eigenvalue weighted by atomic mass is 9.83. The molecular weight excluding hydrogens is 220 g/mol. The van der Waals surface area contributed by atoms with Gasteiger partial charge >= 0.3 is 0 Å². The van der Waals surface area contributed by atoms with Crippen LogP contribution in [-0.4, -0.2) is 11.0 Å². The van der Waals surface area contributed by atoms with Gasteiger partial charge in [-0.2, -0.15) is 0 Å². The monoisotopic (exact) mass is 238 g/mol. The summed E-state index contributed by atoms with van der Waals surface area (Å²) in [6.45, 7) is 2.27. The maximum atomic E-state index is 6.13. The minimum absolute atomic E-state index is 0.570. The topological polar surface area (TPSA) is 24.9 Å². The molecule has 2 rings (SSSR count). The van der Waals surface area contributed by atoms with Gasteiger partial charge in [0.1, 0.15) is 0 Å². The van der Waals surface area contributed by atoms with Crippen LogP contribution in [0.2, 0.25) is 5.02 Å². The third kappa shape index (κ3) is 2.67. The molecule has 1 aliphatic carbocycles. The van der Waals surface area contributed by atoms with E-state index in [1.807, 2.05) is 12.3 Å². The van der Waals surface area contributed by atoms with Crippen molar-refractivity contribution in [2.45, 2.75) is 45.1 Å². The van der Waals surface area contributed by atoms with Crippen LogP contribution in [0.4, 0.5) is 5.69 Å². The van der Waals surface area contributed by atoms with Crippen molar-refractivity contribution < 1.29 is 0 Å². The molecule has 1 aromatic rings. The largest absolute Gasteiger partial charge is 0.380 e. The Morgan fingerprint density at radius 2 is 2.25 bits per heavy atom. The molecule has 2 nitrogen and oxygen atoms in total. The number of anilines is 1. The Morgan fingerprint density at radius 1 is 1.44 bits per heavy atom. The summed E-state index contributed by atoms with van der Waals surface area (Å²) in [5.74, 6) is 0.782. The number of halogens is 1. The van der Waals surface area contributed by atoms with Gasteiger partial charge in [-0.25, -0.2) is 0 Å². The first kappa shape index (κ1) is 11.7. The number of hydrogen-bond donors (Lipinski definition) is 1. The summed E-state index contributed by atoms with van der Waals surface area (Å²) in [4.78, 5) is 4.11. The number of pyridine rings is 1. The highest BCUT2D eigenvalue weighted by molar-refractivity contribution is 6.33. The molecule has 1 fully saturated rings. The zero-order chi connectivity index (χ0) is 11.4. The van der Waals surface area contributed by atoms with Gasteiger partial charge in [0.25, 0.3) is 0 Å². The van der Waals surface area contributed by atoms with E-state index in [1.165, 1.54) is 32.1 Å². The van der Waals surface area contributed by atoms with Gasteiger partial charge in [0.2, 0.25) is 0 Å². The van der Waals surface area contributed by atoms with Crippen molar-refractivity contribution in [3.05, 3.63) is 23.5 Å². The first-order chi connectivity index (χ1) is 7.81. The molecule has 16 heavy (non-hydrogen) atoms. The van der Waals surface area contributed by atoms with Gasteiger partial charge < -0.3 is 5.32 Å². The van der Waals surface area contributed by atoms with Gasteiger partial charge in [-0.3, -0.25) is 4.98 Å². The molecular formula is C13H19ClN2. The predicted molar refractivity (Wildman–Crippen MR) is 68.9 cm³/mol. The molecule has 2 atom stereocenters. The Kier molecular flexibility index (Phi) is 4.05. The van der Waals surface area contributed by atoms with Crippen LogP contribution >= 0.6 is 11.6 Å². The summed E-state index contributed by atoms with van der Waals surface area (Å²) < 4.78 is 0. The van der Waals surface area contributed by atoms with E-state index in [9.17, 15) is 0 Å². The van der Waals surface area contributed by atoms with E-state index in [1.54, 1.807) is 6.20 Å². The van der Waals surface area contributed by atoms with E-state index in [4.69, 9.17) is 11.6 Å². The molecule has 3 heteroatoms. The molecule has 1 heterocycles. The van der Waals surface area contributed by atoms with Gasteiger partial charge in [0, 0.05) is 12.2 Å². The number of nitrogens with one attached hydrogen (secondary N) is 1. The van der Waals surface area contributed by atoms with E-state index in [0.29, 0.717) is 6.04 Å². The molecule has 88 valence electrons. The number of nitrogens with zero attached hydrogens (tertiary/aromatic N) is 1. The third-order valence-electron chi connectivity index (χ3n) is 3.54. The summed E-state index contributed by atoms with van der Waals surface area (Å²) in [5, 5.41) is 4.33. The van der Waals surface area contributed by atoms with E-state index in [-0.39, 0.29) is 0 Å². The lowest BCUT2D eigenvalue weighted by Gasteiger charge is -2.32. The standard InChI is InChI=1S/C13H19ClN2/c1-2-10-5-3-4-6-12(10)16-13-9-15-8-7-11(13)14/h7-10,12,16H,2-6H2,1H3. The Labute approximate surface area is 102 Å². The highest BCUT2D eigenvalue weighted by Gasteiger charge is 2.23. The fraction of sp³-hybridized carbons (Fsp3) is 0.615. The summed E-state index contributed by atoms with van der Waals surface area (Å²) in [5.41, 5.74) is 0.981. The first-order valence-electron chi connectivity index (χ1n) is 6.17. The van der Waals surface area contributed by atoms with Crippen molar-refractivity contribution in [2.24, 2.45) is 5.92 Å². The van der Waals surface area contributed by atoms with Crippen molar-refractivity contribution in [3.8, 4) is 0 Å². The molecule has 0 radical (unpaired) electrons. The molecule has 0 spiro atoms. The highest BCUT2D eigenvalue weighted by Crippen LogP contribution is 2.31. The highest BCUT2D eigenvalue weighted by atomic mass is 35.5. The smallest absolute Gasteiger partial charge is 0.0718 e. The molecule has 1 N–H and O–H groups in total. The lowest BCUT2D eigenvalue weighted by Crippen LogP contribution is -2.31. The number of hydrogen-bond acceptors (Lipinski definition) is 2. The second-order valence-corrected chi connectivity index (χ2v) is 4.97. The molecule has 0 saturated heterocycles. The maximum Gasteiger partial charge on any atom is 0.0718 e. The molecule has 2 unspecified atom stereocenters. The second kappa shape index (κ2) is 5.53. The Balaban J connectivity index is 2.05. The molecule has 0 bridgehead atoms. The molecule has 0 aliphatic heterocycles. The summed E-state index contributed by atoms with van der Waals surface area (Å²) in [7, 11) is 0. The summed E-state index contributed by atoms with van der Waals surface area (Å²) >= 11 is 6.13. The van der Waals surface area contributed by atoms with Crippen molar-refractivity contribution in [1.82, 2.24) is 4.98 Å². The van der Waals surface area contributed by atoms with E-state index in [0.717, 1.165) is 16.6 Å². The van der Waals surface area contributed by atoms with Gasteiger partial charge in [0.05, 0.1) is 16.9 Å². The average Bonchev–Trinajstić information content (AvgIpc) is 2.33. The van der Waals surface area contributed by atoms with Crippen LogP contribution in [0.5, 0.6) is 0 Å². The van der Waals surface area contributed by atoms with Gasteiger partial charge in [-0.15, -0.1) is 0 Å². The first-order valence-corrected chi connectivity index (χ1v) is 6.55. The van der Waals surface area contributed by atoms with Crippen LogP contribution in [-0.2, 0) is 0 Å². The van der Waals surface area contributed by atoms with Crippen LogP contribution in [0.1, 0.15) is 39.0 Å². The zero-order valence-electron chi connectivity index (χ0n) is 9.75. The van der Waals surface area contributed by atoms with Crippen molar-refractivity contribution in [2.75, 3.05) is 5.32 Å². The second-order valence-electron chi connectivity index (χ2n) is 4.56. The minimum Gasteiger partial charge on any atom is -0.380 e. The Bertz CT molecular complexity index is 340. The molecule has 0 amide bonds. The van der Waals surface area contributed by atoms with Crippen LogP contribution in [0.25, 0.3) is 0 Å². The van der Waals surface area contributed by atoms with Gasteiger partial charge in [-0.1, -0.05) is 37.8 Å². The van der Waals surface area contributed by atoms with E-state index < -0.39 is 0 Å². The predicted octanol–water partition coefficient (Wildman–Crippen LogP) is 4.12. The van der Waals surface area contributed by atoms with Crippen molar-refractivity contribution in [1.29, 1.82) is 0 Å². The molecule has 1 aliphatic rings. The van der Waals surface area contributed by atoms with Crippen LogP contribution < -0.4 is 5.32 Å². The van der Waals surface area contributed by atoms with E-state index >= 15 is 0 Å². The Hall–Kier alpha value is -0.760. The van der Waals surface area contributed by atoms with Crippen molar-refractivity contribution in [3.63, 3.8) is 0 Å². The van der Waals surface area contributed by atoms with Gasteiger partial charge in [-0.05, 0) is 24.8 Å². The van der Waals surface area contributed by atoms with Crippen LogP contribution in [0.15, 0.2) is 18.5 Å². The molecule has 1 aromatic heterocycles. The normalized spacial score (nSPS) is 25.4. The fourth-order valence-corrected chi connectivity index (χ4v) is 2.73. The third-order valence-corrected chi connectivity index (χ3v) is 3.87. The number of aromatic nitrogens is 1. The maximum absolute atomic E-state index is 6.13. The average molecular weight is 239 g/mol. The fourth-order valence-electron chi connectivity index (χ4n) is 2.57. The molecule has 1 saturated carbocycles. The van der Waals surface area contributed by atoms with Gasteiger partial charge in [0.15, 0.2) is 0 Å². The van der Waals surface area contributed by atoms with Crippen LogP contribution in [0.3, 0.4) is 0 Å². The van der Waals surface area contributed by atoms with E-state index in [2.05, 4.69) is 17.2 Å². The summed E-state index contributed by atoms with van der Waals surface area (Å²) in [6.07, 6.45) is 10.1. The Morgan fingerprint density at radius 3 is 3.00 bits per heavy atom. The quantitative estimate of drug-likeness (QED) is 0.857. The van der Waals surface area contributed by atoms with Crippen molar-refractivity contribution >= 4 is 17.3 Å². The zero-order valence-corrected chi connectivity index (χ0v) is 10.5. The lowest BCUT2D eigenvalue weighted by molar-refractivity contribution is 0.317. The van der Waals surface area contributed by atoms with Crippen LogP contribution in [0, 0.1) is 5.92 Å². The molecule has 0 aromatic carbocycles. The minimum atomic E-state index is 0.570.